The Hall–Kier alpha value is -1.29. The molecule has 1 amide bonds. The zero-order valence-electron chi connectivity index (χ0n) is 12.6. The molecule has 1 aromatic heterocycles. The quantitative estimate of drug-likeness (QED) is 0.805. The highest BCUT2D eigenvalue weighted by Crippen LogP contribution is 2.30. The molecule has 1 fully saturated rings. The lowest BCUT2D eigenvalue weighted by Crippen LogP contribution is -2.39. The average molecular weight is 349 g/mol. The smallest absolute Gasteiger partial charge is 0.242 e. The van der Waals surface area contributed by atoms with Gasteiger partial charge >= 0.3 is 0 Å². The molecule has 21 heavy (non-hydrogen) atoms. The summed E-state index contributed by atoms with van der Waals surface area (Å²) in [5, 5.41) is 1.18. The summed E-state index contributed by atoms with van der Waals surface area (Å²) in [5.74, 6) is 0.982. The number of nitrogens with zero attached hydrogens (tertiary/aromatic N) is 2. The van der Waals surface area contributed by atoms with Crippen LogP contribution in [0.4, 0.5) is 0 Å². The van der Waals surface area contributed by atoms with Crippen LogP contribution in [-0.4, -0.2) is 28.5 Å². The van der Waals surface area contributed by atoms with E-state index >= 15 is 0 Å². The van der Waals surface area contributed by atoms with E-state index in [2.05, 4.69) is 46.5 Å². The standard InChI is InChI=1S/C17H21BrN2O/c1-12-7-9-19(10-8-12)16(21)11-20-13(2)17(18)14-5-3-4-6-15(14)20/h3-6,12H,7-11H2,1-2H3. The largest absolute Gasteiger partial charge is 0.341 e. The van der Waals surface area contributed by atoms with Crippen molar-refractivity contribution in [3.05, 3.63) is 34.4 Å². The van der Waals surface area contributed by atoms with Gasteiger partial charge in [-0.2, -0.15) is 0 Å². The summed E-state index contributed by atoms with van der Waals surface area (Å²) >= 11 is 3.65. The highest BCUT2D eigenvalue weighted by Gasteiger charge is 2.22. The number of carbonyl (C=O) groups excluding carboxylic acids is 1. The number of likely N-dealkylation sites (tertiary alicyclic amines) is 1. The van der Waals surface area contributed by atoms with Crippen molar-refractivity contribution >= 4 is 32.7 Å². The molecule has 1 aliphatic heterocycles. The van der Waals surface area contributed by atoms with Crippen molar-refractivity contribution in [2.75, 3.05) is 13.1 Å². The molecule has 3 rings (SSSR count). The summed E-state index contributed by atoms with van der Waals surface area (Å²) in [5.41, 5.74) is 2.25. The molecule has 2 aromatic rings. The topological polar surface area (TPSA) is 25.2 Å². The second-order valence-corrected chi connectivity index (χ2v) is 6.86. The van der Waals surface area contributed by atoms with Gasteiger partial charge < -0.3 is 9.47 Å². The Balaban J connectivity index is 1.85. The minimum Gasteiger partial charge on any atom is -0.341 e. The van der Waals surface area contributed by atoms with Crippen molar-refractivity contribution < 1.29 is 4.79 Å². The number of piperidine rings is 1. The van der Waals surface area contributed by atoms with E-state index in [0.29, 0.717) is 6.54 Å². The number of hydrogen-bond acceptors (Lipinski definition) is 1. The molecule has 1 aromatic carbocycles. The van der Waals surface area contributed by atoms with Crippen LogP contribution in [0.3, 0.4) is 0 Å². The van der Waals surface area contributed by atoms with E-state index in [1.807, 2.05) is 17.0 Å². The van der Waals surface area contributed by atoms with Crippen LogP contribution in [0.15, 0.2) is 28.7 Å². The Bertz CT molecular complexity index is 669. The highest BCUT2D eigenvalue weighted by atomic mass is 79.9. The molecule has 0 aliphatic carbocycles. The number of rotatable bonds is 2. The third-order valence-corrected chi connectivity index (χ3v) is 5.58. The first kappa shape index (κ1) is 14.6. The van der Waals surface area contributed by atoms with Crippen LogP contribution >= 0.6 is 15.9 Å². The zero-order valence-corrected chi connectivity index (χ0v) is 14.2. The zero-order chi connectivity index (χ0) is 15.0. The molecule has 1 saturated heterocycles. The summed E-state index contributed by atoms with van der Waals surface area (Å²) in [6.45, 7) is 6.57. The van der Waals surface area contributed by atoms with Crippen molar-refractivity contribution in [1.82, 2.24) is 9.47 Å². The van der Waals surface area contributed by atoms with Gasteiger partial charge in [-0.05, 0) is 47.7 Å². The van der Waals surface area contributed by atoms with E-state index in [0.717, 1.165) is 47.5 Å². The first-order valence-corrected chi connectivity index (χ1v) is 8.38. The predicted octanol–water partition coefficient (Wildman–Crippen LogP) is 3.97. The predicted molar refractivity (Wildman–Crippen MR) is 89.4 cm³/mol. The SMILES string of the molecule is Cc1c(Br)c2ccccc2n1CC(=O)N1CCC(C)CC1. The lowest BCUT2D eigenvalue weighted by Gasteiger charge is -2.30. The van der Waals surface area contributed by atoms with E-state index < -0.39 is 0 Å². The normalized spacial score (nSPS) is 16.6. The van der Waals surface area contributed by atoms with Crippen LogP contribution in [0.1, 0.15) is 25.5 Å². The molecule has 4 heteroatoms. The van der Waals surface area contributed by atoms with Crippen molar-refractivity contribution in [1.29, 1.82) is 0 Å². The first-order chi connectivity index (χ1) is 10.1. The number of halogens is 1. The number of hydrogen-bond donors (Lipinski definition) is 0. The minimum absolute atomic E-state index is 0.234. The molecule has 3 nitrogen and oxygen atoms in total. The number of amides is 1. The van der Waals surface area contributed by atoms with Crippen LogP contribution in [0.25, 0.3) is 10.9 Å². The minimum atomic E-state index is 0.234. The molecule has 0 saturated carbocycles. The summed E-state index contributed by atoms with van der Waals surface area (Å²) in [7, 11) is 0. The van der Waals surface area contributed by atoms with Gasteiger partial charge in [0.15, 0.2) is 0 Å². The second kappa shape index (κ2) is 5.84. The fourth-order valence-electron chi connectivity index (χ4n) is 3.09. The third kappa shape index (κ3) is 2.73. The molecule has 2 heterocycles. The van der Waals surface area contributed by atoms with E-state index in [-0.39, 0.29) is 5.91 Å². The molecule has 0 N–H and O–H groups in total. The van der Waals surface area contributed by atoms with E-state index in [1.54, 1.807) is 0 Å². The van der Waals surface area contributed by atoms with E-state index in [1.165, 1.54) is 5.39 Å². The van der Waals surface area contributed by atoms with Crippen LogP contribution in [0.2, 0.25) is 0 Å². The summed E-state index contributed by atoms with van der Waals surface area (Å²) < 4.78 is 3.22. The van der Waals surface area contributed by atoms with Crippen molar-refractivity contribution in [2.45, 2.75) is 33.2 Å². The van der Waals surface area contributed by atoms with E-state index in [4.69, 9.17) is 0 Å². The average Bonchev–Trinajstić information content (AvgIpc) is 2.73. The van der Waals surface area contributed by atoms with E-state index in [9.17, 15) is 4.79 Å². The number of carbonyl (C=O) groups is 1. The number of fused-ring (bicyclic) bond motifs is 1. The van der Waals surface area contributed by atoms with Gasteiger partial charge in [0, 0.05) is 34.2 Å². The Morgan fingerprint density at radius 2 is 1.95 bits per heavy atom. The first-order valence-electron chi connectivity index (χ1n) is 7.59. The Labute approximate surface area is 134 Å². The monoisotopic (exact) mass is 348 g/mol. The molecular formula is C17H21BrN2O. The maximum Gasteiger partial charge on any atom is 0.242 e. The lowest BCUT2D eigenvalue weighted by atomic mass is 9.99. The van der Waals surface area contributed by atoms with Gasteiger partial charge in [0.2, 0.25) is 5.91 Å². The van der Waals surface area contributed by atoms with Gasteiger partial charge in [-0.1, -0.05) is 25.1 Å². The fraction of sp³-hybridized carbons (Fsp3) is 0.471. The van der Waals surface area contributed by atoms with Gasteiger partial charge in [0.1, 0.15) is 6.54 Å². The highest BCUT2D eigenvalue weighted by molar-refractivity contribution is 9.10. The molecule has 0 bridgehead atoms. The second-order valence-electron chi connectivity index (χ2n) is 6.07. The van der Waals surface area contributed by atoms with Crippen LogP contribution in [-0.2, 0) is 11.3 Å². The molecule has 0 radical (unpaired) electrons. The number of para-hydroxylation sites is 1. The maximum absolute atomic E-state index is 12.6. The van der Waals surface area contributed by atoms with Gasteiger partial charge in [-0.25, -0.2) is 0 Å². The molecule has 0 unspecified atom stereocenters. The van der Waals surface area contributed by atoms with Gasteiger partial charge in [0.25, 0.3) is 0 Å². The lowest BCUT2D eigenvalue weighted by molar-refractivity contribution is -0.133. The number of aromatic nitrogens is 1. The maximum atomic E-state index is 12.6. The molecule has 0 atom stereocenters. The molecule has 0 spiro atoms. The van der Waals surface area contributed by atoms with Crippen molar-refractivity contribution in [3.63, 3.8) is 0 Å². The summed E-state index contributed by atoms with van der Waals surface area (Å²) in [6.07, 6.45) is 2.25. The molecular weight excluding hydrogens is 328 g/mol. The van der Waals surface area contributed by atoms with Crippen molar-refractivity contribution in [3.8, 4) is 0 Å². The fourth-order valence-corrected chi connectivity index (χ4v) is 3.64. The summed E-state index contributed by atoms with van der Waals surface area (Å²) in [6, 6.07) is 8.23. The Morgan fingerprint density at radius 1 is 1.29 bits per heavy atom. The third-order valence-electron chi connectivity index (χ3n) is 4.58. The van der Waals surface area contributed by atoms with Crippen LogP contribution in [0.5, 0.6) is 0 Å². The molecule has 112 valence electrons. The van der Waals surface area contributed by atoms with Gasteiger partial charge in [0.05, 0.1) is 0 Å². The van der Waals surface area contributed by atoms with Crippen molar-refractivity contribution in [2.24, 2.45) is 5.92 Å². The van der Waals surface area contributed by atoms with Gasteiger partial charge in [-0.15, -0.1) is 0 Å². The number of benzene rings is 1. The van der Waals surface area contributed by atoms with Crippen LogP contribution in [0, 0.1) is 12.8 Å². The van der Waals surface area contributed by atoms with Crippen LogP contribution < -0.4 is 0 Å². The Morgan fingerprint density at radius 3 is 2.67 bits per heavy atom. The van der Waals surface area contributed by atoms with Gasteiger partial charge in [-0.3, -0.25) is 4.79 Å². The molecule has 1 aliphatic rings. The Kier molecular flexibility index (Phi) is 4.07. The summed E-state index contributed by atoms with van der Waals surface area (Å²) in [4.78, 5) is 14.6.